The van der Waals surface area contributed by atoms with Crippen molar-refractivity contribution in [3.05, 3.63) is 24.3 Å². The van der Waals surface area contributed by atoms with Gasteiger partial charge in [0.25, 0.3) is 0 Å². The summed E-state index contributed by atoms with van der Waals surface area (Å²) >= 11 is 0. The van der Waals surface area contributed by atoms with E-state index >= 15 is 0 Å². The largest absolute Gasteiger partial charge is 0.492 e. The van der Waals surface area contributed by atoms with Crippen LogP contribution in [0.25, 0.3) is 0 Å². The molecule has 1 saturated carbocycles. The molecular weight excluding hydrogens is 380 g/mol. The molecule has 1 aromatic carbocycles. The highest BCUT2D eigenvalue weighted by Gasteiger charge is 2.23. The Morgan fingerprint density at radius 3 is 2.61 bits per heavy atom. The van der Waals surface area contributed by atoms with E-state index < -0.39 is 10.0 Å². The number of rotatable bonds is 11. The first-order valence-corrected chi connectivity index (χ1v) is 11.8. The highest BCUT2D eigenvalue weighted by molar-refractivity contribution is 7.92. The Morgan fingerprint density at radius 2 is 1.93 bits per heavy atom. The van der Waals surface area contributed by atoms with Crippen molar-refractivity contribution in [1.82, 2.24) is 5.32 Å². The molecule has 8 heteroatoms. The Balaban J connectivity index is 1.84. The van der Waals surface area contributed by atoms with Crippen LogP contribution < -0.4 is 14.4 Å². The number of carbonyl (C=O) groups is 1. The van der Waals surface area contributed by atoms with Gasteiger partial charge in [0.2, 0.25) is 15.9 Å². The average Bonchev–Trinajstić information content (AvgIpc) is 2.67. The van der Waals surface area contributed by atoms with Crippen molar-refractivity contribution >= 4 is 21.6 Å². The molecule has 1 aliphatic carbocycles. The summed E-state index contributed by atoms with van der Waals surface area (Å²) in [7, 11) is -3.64. The third kappa shape index (κ3) is 7.31. The van der Waals surface area contributed by atoms with E-state index in [1.807, 2.05) is 6.92 Å². The lowest BCUT2D eigenvalue weighted by Crippen LogP contribution is -2.41. The molecule has 1 aromatic rings. The molecule has 0 aromatic heterocycles. The lowest BCUT2D eigenvalue weighted by molar-refractivity contribution is -0.119. The number of anilines is 1. The van der Waals surface area contributed by atoms with Crippen LogP contribution in [0.2, 0.25) is 0 Å². The first-order valence-electron chi connectivity index (χ1n) is 9.99. The number of amides is 1. The van der Waals surface area contributed by atoms with Crippen molar-refractivity contribution in [1.29, 1.82) is 0 Å². The highest BCUT2D eigenvalue weighted by atomic mass is 32.2. The second kappa shape index (κ2) is 11.3. The van der Waals surface area contributed by atoms with Crippen molar-refractivity contribution in [2.75, 3.05) is 36.9 Å². The molecule has 1 aliphatic rings. The molecule has 2 rings (SSSR count). The second-order valence-electron chi connectivity index (χ2n) is 7.00. The minimum Gasteiger partial charge on any atom is -0.492 e. The van der Waals surface area contributed by atoms with Crippen LogP contribution in [0.5, 0.6) is 5.75 Å². The number of ether oxygens (including phenoxy) is 2. The number of nitrogens with one attached hydrogen (secondary N) is 1. The van der Waals surface area contributed by atoms with E-state index in [0.717, 1.165) is 23.4 Å². The summed E-state index contributed by atoms with van der Waals surface area (Å²) in [6, 6.07) is 6.81. The van der Waals surface area contributed by atoms with Crippen LogP contribution in [0.3, 0.4) is 0 Å². The van der Waals surface area contributed by atoms with E-state index in [0.29, 0.717) is 43.7 Å². The summed E-state index contributed by atoms with van der Waals surface area (Å²) in [5.74, 6) is 0.0819. The summed E-state index contributed by atoms with van der Waals surface area (Å²) < 4.78 is 36.9. The van der Waals surface area contributed by atoms with Crippen LogP contribution in [0.15, 0.2) is 24.3 Å². The van der Waals surface area contributed by atoms with E-state index in [2.05, 4.69) is 5.32 Å². The van der Waals surface area contributed by atoms with Gasteiger partial charge >= 0.3 is 0 Å². The molecule has 1 N–H and O–H groups in total. The van der Waals surface area contributed by atoms with Gasteiger partial charge in [-0.05, 0) is 38.3 Å². The lowest BCUT2D eigenvalue weighted by atomic mass is 9.98. The highest BCUT2D eigenvalue weighted by Crippen LogP contribution is 2.29. The molecule has 0 radical (unpaired) electrons. The third-order valence-corrected chi connectivity index (χ3v) is 5.80. The van der Waals surface area contributed by atoms with Gasteiger partial charge in [0.15, 0.2) is 0 Å². The van der Waals surface area contributed by atoms with E-state index in [4.69, 9.17) is 9.47 Å². The Bertz CT molecular complexity index is 717. The summed E-state index contributed by atoms with van der Waals surface area (Å²) in [6.45, 7) is 3.00. The maximum absolute atomic E-state index is 12.3. The third-order valence-electron chi connectivity index (χ3n) is 4.67. The van der Waals surface area contributed by atoms with Gasteiger partial charge < -0.3 is 14.8 Å². The topological polar surface area (TPSA) is 84.9 Å². The van der Waals surface area contributed by atoms with Crippen molar-refractivity contribution in [3.8, 4) is 5.75 Å². The van der Waals surface area contributed by atoms with Crippen LogP contribution in [-0.2, 0) is 19.6 Å². The molecule has 0 aliphatic heterocycles. The van der Waals surface area contributed by atoms with E-state index in [9.17, 15) is 13.2 Å². The standard InChI is InChI=1S/C20H32N2O5S/c1-3-26-19-13-8-7-12-18(19)22(28(2,24)25)16-20(23)21-14-9-15-27-17-10-5-4-6-11-17/h7-8,12-13,17H,3-6,9-11,14-16H2,1-2H3,(H,21,23). The molecule has 28 heavy (non-hydrogen) atoms. The normalized spacial score (nSPS) is 15.2. The second-order valence-corrected chi connectivity index (χ2v) is 8.91. The number of nitrogens with zero attached hydrogens (tertiary/aromatic N) is 1. The minimum atomic E-state index is -3.64. The molecule has 7 nitrogen and oxygen atoms in total. The molecule has 158 valence electrons. The van der Waals surface area contributed by atoms with Crippen LogP contribution >= 0.6 is 0 Å². The predicted molar refractivity (Wildman–Crippen MR) is 110 cm³/mol. The fourth-order valence-electron chi connectivity index (χ4n) is 3.29. The molecule has 0 atom stereocenters. The summed E-state index contributed by atoms with van der Waals surface area (Å²) in [5.41, 5.74) is 0.364. The number of hydrogen-bond acceptors (Lipinski definition) is 5. The van der Waals surface area contributed by atoms with Crippen molar-refractivity contribution in [2.45, 2.75) is 51.6 Å². The first kappa shape index (κ1) is 22.5. The van der Waals surface area contributed by atoms with Crippen molar-refractivity contribution < 1.29 is 22.7 Å². The summed E-state index contributed by atoms with van der Waals surface area (Å²) in [4.78, 5) is 12.3. The van der Waals surface area contributed by atoms with Gasteiger partial charge in [0, 0.05) is 13.2 Å². The molecule has 0 heterocycles. The van der Waals surface area contributed by atoms with E-state index in [-0.39, 0.29) is 12.5 Å². The Hall–Kier alpha value is -1.80. The van der Waals surface area contributed by atoms with Gasteiger partial charge in [0.1, 0.15) is 12.3 Å². The Kier molecular flexibility index (Phi) is 9.05. The zero-order chi connectivity index (χ0) is 20.4. The smallest absolute Gasteiger partial charge is 0.240 e. The molecule has 1 amide bonds. The Morgan fingerprint density at radius 1 is 1.21 bits per heavy atom. The summed E-state index contributed by atoms with van der Waals surface area (Å²) in [6.07, 6.45) is 8.12. The van der Waals surface area contributed by atoms with Crippen LogP contribution in [-0.4, -0.2) is 53.0 Å². The van der Waals surface area contributed by atoms with Gasteiger partial charge in [0.05, 0.1) is 24.7 Å². The zero-order valence-electron chi connectivity index (χ0n) is 16.9. The number of hydrogen-bond donors (Lipinski definition) is 1. The first-order chi connectivity index (χ1) is 13.4. The molecule has 0 bridgehead atoms. The molecule has 0 saturated heterocycles. The van der Waals surface area contributed by atoms with E-state index in [1.165, 1.54) is 19.3 Å². The van der Waals surface area contributed by atoms with Gasteiger partial charge in [-0.15, -0.1) is 0 Å². The predicted octanol–water partition coefficient (Wildman–Crippen LogP) is 2.71. The van der Waals surface area contributed by atoms with Crippen LogP contribution in [0, 0.1) is 0 Å². The van der Waals surface area contributed by atoms with Gasteiger partial charge in [-0.2, -0.15) is 0 Å². The van der Waals surface area contributed by atoms with Crippen LogP contribution in [0.1, 0.15) is 45.4 Å². The SMILES string of the molecule is CCOc1ccccc1N(CC(=O)NCCCOC1CCCCC1)S(C)(=O)=O. The number of sulfonamides is 1. The zero-order valence-corrected chi connectivity index (χ0v) is 17.7. The van der Waals surface area contributed by atoms with Gasteiger partial charge in [-0.3, -0.25) is 9.10 Å². The minimum absolute atomic E-state index is 0.285. The Labute approximate surface area is 168 Å². The monoisotopic (exact) mass is 412 g/mol. The molecule has 0 spiro atoms. The van der Waals surface area contributed by atoms with Crippen molar-refractivity contribution in [2.24, 2.45) is 0 Å². The van der Waals surface area contributed by atoms with Crippen LogP contribution in [0.4, 0.5) is 5.69 Å². The average molecular weight is 413 g/mol. The van der Waals surface area contributed by atoms with E-state index in [1.54, 1.807) is 24.3 Å². The molecular formula is C20H32N2O5S. The van der Waals surface area contributed by atoms with Gasteiger partial charge in [-0.25, -0.2) is 8.42 Å². The fraction of sp³-hybridized carbons (Fsp3) is 0.650. The molecule has 0 unspecified atom stereocenters. The number of carbonyl (C=O) groups excluding carboxylic acids is 1. The lowest BCUT2D eigenvalue weighted by Gasteiger charge is -2.24. The quantitative estimate of drug-likeness (QED) is 0.565. The number of para-hydroxylation sites is 2. The molecule has 1 fully saturated rings. The number of benzene rings is 1. The maximum Gasteiger partial charge on any atom is 0.240 e. The fourth-order valence-corrected chi connectivity index (χ4v) is 4.15. The maximum atomic E-state index is 12.3. The summed E-state index contributed by atoms with van der Waals surface area (Å²) in [5, 5.41) is 2.78. The van der Waals surface area contributed by atoms with Crippen molar-refractivity contribution in [3.63, 3.8) is 0 Å². The van der Waals surface area contributed by atoms with Gasteiger partial charge in [-0.1, -0.05) is 31.4 Å².